The minimum Gasteiger partial charge on any atom is -0.0871 e. The lowest BCUT2D eigenvalue weighted by atomic mass is 9.82. The van der Waals surface area contributed by atoms with Crippen LogP contribution in [0.4, 0.5) is 0 Å². The predicted molar refractivity (Wildman–Crippen MR) is 76.3 cm³/mol. The van der Waals surface area contributed by atoms with Crippen molar-refractivity contribution in [2.45, 2.75) is 46.0 Å². The quantitative estimate of drug-likeness (QED) is 0.615. The van der Waals surface area contributed by atoms with E-state index >= 15 is 0 Å². The van der Waals surface area contributed by atoms with E-state index in [1.807, 2.05) is 0 Å². The third-order valence-electron chi connectivity index (χ3n) is 3.75. The Morgan fingerprint density at radius 3 is 2.82 bits per heavy atom. The highest BCUT2D eigenvalue weighted by atomic mass is 14.2. The summed E-state index contributed by atoms with van der Waals surface area (Å²) in [5, 5.41) is 0. The Morgan fingerprint density at radius 2 is 2.12 bits per heavy atom. The van der Waals surface area contributed by atoms with E-state index in [9.17, 15) is 0 Å². The van der Waals surface area contributed by atoms with Crippen LogP contribution in [0.25, 0.3) is 5.57 Å². The van der Waals surface area contributed by atoms with E-state index in [0.29, 0.717) is 0 Å². The second-order valence-corrected chi connectivity index (χ2v) is 4.95. The highest BCUT2D eigenvalue weighted by molar-refractivity contribution is 5.74. The number of fused-ring (bicyclic) bond motifs is 1. The van der Waals surface area contributed by atoms with Gasteiger partial charge in [-0.25, -0.2) is 0 Å². The van der Waals surface area contributed by atoms with Crippen molar-refractivity contribution in [3.8, 4) is 0 Å². The van der Waals surface area contributed by atoms with Crippen LogP contribution in [0.5, 0.6) is 0 Å². The molecule has 1 aliphatic carbocycles. The first-order valence-corrected chi connectivity index (χ1v) is 6.68. The third-order valence-corrected chi connectivity index (χ3v) is 3.75. The molecule has 90 valence electrons. The molecule has 1 aliphatic rings. The second kappa shape index (κ2) is 5.35. The molecule has 0 saturated carbocycles. The summed E-state index contributed by atoms with van der Waals surface area (Å²) in [7, 11) is 0. The van der Waals surface area contributed by atoms with Gasteiger partial charge in [0, 0.05) is 0 Å². The second-order valence-electron chi connectivity index (χ2n) is 4.95. The molecule has 0 aliphatic heterocycles. The van der Waals surface area contributed by atoms with Crippen molar-refractivity contribution in [2.75, 3.05) is 0 Å². The van der Waals surface area contributed by atoms with Gasteiger partial charge in [-0.1, -0.05) is 43.4 Å². The molecule has 1 unspecified atom stereocenters. The van der Waals surface area contributed by atoms with Gasteiger partial charge in [0.15, 0.2) is 0 Å². The highest BCUT2D eigenvalue weighted by Crippen LogP contribution is 2.33. The Bertz CT molecular complexity index is 449. The van der Waals surface area contributed by atoms with Gasteiger partial charge in [-0.2, -0.15) is 0 Å². The van der Waals surface area contributed by atoms with Crippen LogP contribution in [-0.2, 0) is 6.42 Å². The number of benzene rings is 1. The van der Waals surface area contributed by atoms with E-state index in [2.05, 4.69) is 57.2 Å². The van der Waals surface area contributed by atoms with Gasteiger partial charge in [0.1, 0.15) is 0 Å². The molecule has 1 atom stereocenters. The van der Waals surface area contributed by atoms with Gasteiger partial charge in [0.25, 0.3) is 0 Å². The normalized spacial score (nSPS) is 20.6. The minimum absolute atomic E-state index is 0.739. The average molecular weight is 226 g/mol. The molecule has 0 heteroatoms. The van der Waals surface area contributed by atoms with Gasteiger partial charge >= 0.3 is 0 Å². The minimum atomic E-state index is 0.739. The molecule has 0 spiro atoms. The summed E-state index contributed by atoms with van der Waals surface area (Å²) < 4.78 is 0. The number of hydrogen-bond donors (Lipinski definition) is 0. The average Bonchev–Trinajstić information content (AvgIpc) is 2.36. The standard InChI is InChI=1S/C17H22/c1-4-7-14(5-2)15-10-11-17-13(3)8-6-9-16(17)12-15/h4-5,7,10-13H,6,8-9H2,1-3H3/b7-4-,14-5+. The maximum Gasteiger partial charge on any atom is -0.0185 e. The summed E-state index contributed by atoms with van der Waals surface area (Å²) in [6.07, 6.45) is 10.4. The van der Waals surface area contributed by atoms with Crippen molar-refractivity contribution in [1.29, 1.82) is 0 Å². The molecule has 0 bridgehead atoms. The van der Waals surface area contributed by atoms with Crippen LogP contribution >= 0.6 is 0 Å². The largest absolute Gasteiger partial charge is 0.0871 e. The number of allylic oxidation sites excluding steroid dienone is 4. The predicted octanol–water partition coefficient (Wildman–Crippen LogP) is 5.11. The van der Waals surface area contributed by atoms with Crippen LogP contribution in [0.15, 0.2) is 36.4 Å². The number of hydrogen-bond acceptors (Lipinski definition) is 0. The Kier molecular flexibility index (Phi) is 3.83. The van der Waals surface area contributed by atoms with E-state index in [1.54, 1.807) is 11.1 Å². The molecule has 0 fully saturated rings. The summed E-state index contributed by atoms with van der Waals surface area (Å²) >= 11 is 0. The molecule has 1 aromatic carbocycles. The molecule has 0 heterocycles. The number of rotatable bonds is 2. The Morgan fingerprint density at radius 1 is 1.29 bits per heavy atom. The lowest BCUT2D eigenvalue weighted by Gasteiger charge is -2.23. The van der Waals surface area contributed by atoms with Crippen LogP contribution in [-0.4, -0.2) is 0 Å². The number of aryl methyl sites for hydroxylation is 1. The Hall–Kier alpha value is -1.30. The zero-order valence-electron chi connectivity index (χ0n) is 11.2. The molecule has 2 rings (SSSR count). The molecule has 0 N–H and O–H groups in total. The monoisotopic (exact) mass is 226 g/mol. The molecular weight excluding hydrogens is 204 g/mol. The van der Waals surface area contributed by atoms with Gasteiger partial charge in [0.2, 0.25) is 0 Å². The first-order valence-electron chi connectivity index (χ1n) is 6.68. The van der Waals surface area contributed by atoms with Crippen LogP contribution in [0.1, 0.15) is 56.2 Å². The molecule has 1 aromatic rings. The fourth-order valence-electron chi connectivity index (χ4n) is 2.78. The zero-order chi connectivity index (χ0) is 12.3. The SMILES string of the molecule is C/C=C\C(=C/C)c1ccc2c(c1)CCCC2C. The van der Waals surface area contributed by atoms with Crippen LogP contribution in [0, 0.1) is 0 Å². The molecule has 0 radical (unpaired) electrons. The van der Waals surface area contributed by atoms with E-state index < -0.39 is 0 Å². The molecule has 0 amide bonds. The molecule has 0 saturated heterocycles. The van der Waals surface area contributed by atoms with E-state index in [4.69, 9.17) is 0 Å². The van der Waals surface area contributed by atoms with E-state index in [-0.39, 0.29) is 0 Å². The van der Waals surface area contributed by atoms with Crippen molar-refractivity contribution >= 4 is 5.57 Å². The van der Waals surface area contributed by atoms with E-state index in [1.165, 1.54) is 30.4 Å². The van der Waals surface area contributed by atoms with Crippen molar-refractivity contribution in [1.82, 2.24) is 0 Å². The van der Waals surface area contributed by atoms with Crippen LogP contribution in [0.2, 0.25) is 0 Å². The first kappa shape index (κ1) is 12.2. The smallest absolute Gasteiger partial charge is 0.0185 e. The van der Waals surface area contributed by atoms with Crippen LogP contribution in [0.3, 0.4) is 0 Å². The maximum absolute atomic E-state index is 2.39. The highest BCUT2D eigenvalue weighted by Gasteiger charge is 2.16. The van der Waals surface area contributed by atoms with Gasteiger partial charge in [0.05, 0.1) is 0 Å². The molecule has 0 aromatic heterocycles. The Labute approximate surface area is 105 Å². The van der Waals surface area contributed by atoms with Gasteiger partial charge in [-0.3, -0.25) is 0 Å². The van der Waals surface area contributed by atoms with Gasteiger partial charge < -0.3 is 0 Å². The Balaban J connectivity index is 2.39. The summed E-state index contributed by atoms with van der Waals surface area (Å²) in [5.41, 5.74) is 5.81. The summed E-state index contributed by atoms with van der Waals surface area (Å²) in [6.45, 7) is 6.53. The van der Waals surface area contributed by atoms with Crippen LogP contribution < -0.4 is 0 Å². The lowest BCUT2D eigenvalue weighted by Crippen LogP contribution is -2.07. The summed E-state index contributed by atoms with van der Waals surface area (Å²) in [5.74, 6) is 0.739. The maximum atomic E-state index is 2.39. The van der Waals surface area contributed by atoms with Gasteiger partial charge in [-0.15, -0.1) is 0 Å². The van der Waals surface area contributed by atoms with E-state index in [0.717, 1.165) is 5.92 Å². The zero-order valence-corrected chi connectivity index (χ0v) is 11.2. The van der Waals surface area contributed by atoms with Crippen molar-refractivity contribution in [3.05, 3.63) is 53.1 Å². The fraction of sp³-hybridized carbons (Fsp3) is 0.412. The lowest BCUT2D eigenvalue weighted by molar-refractivity contribution is 0.590. The molecular formula is C17H22. The van der Waals surface area contributed by atoms with Crippen molar-refractivity contribution in [3.63, 3.8) is 0 Å². The first-order chi connectivity index (χ1) is 8.26. The van der Waals surface area contributed by atoms with Gasteiger partial charge in [-0.05, 0) is 61.3 Å². The molecule has 0 nitrogen and oxygen atoms in total. The fourth-order valence-corrected chi connectivity index (χ4v) is 2.78. The topological polar surface area (TPSA) is 0 Å². The van der Waals surface area contributed by atoms with Crippen molar-refractivity contribution < 1.29 is 0 Å². The van der Waals surface area contributed by atoms with Crippen molar-refractivity contribution in [2.24, 2.45) is 0 Å². The summed E-state index contributed by atoms with van der Waals surface area (Å²) in [6, 6.07) is 7.00. The summed E-state index contributed by atoms with van der Waals surface area (Å²) in [4.78, 5) is 0. The third kappa shape index (κ3) is 2.52. The molecule has 17 heavy (non-hydrogen) atoms.